The van der Waals surface area contributed by atoms with E-state index >= 15 is 0 Å². The van der Waals surface area contributed by atoms with E-state index < -0.39 is 57.9 Å². The third kappa shape index (κ3) is 8.70. The van der Waals surface area contributed by atoms with E-state index in [1.165, 1.54) is 31.2 Å². The summed E-state index contributed by atoms with van der Waals surface area (Å²) < 4.78 is 46.4. The topological polar surface area (TPSA) is 114 Å². The smallest absolute Gasteiger partial charge is 0.410 e. The van der Waals surface area contributed by atoms with Crippen LogP contribution in [0.3, 0.4) is 0 Å². The zero-order valence-corrected chi connectivity index (χ0v) is 27.1. The van der Waals surface area contributed by atoms with Crippen LogP contribution in [0.15, 0.2) is 77.7 Å². The lowest BCUT2D eigenvalue weighted by Gasteiger charge is -2.51. The number of rotatable bonds is 11. The summed E-state index contributed by atoms with van der Waals surface area (Å²) in [6, 6.07) is 18.0. The summed E-state index contributed by atoms with van der Waals surface area (Å²) in [7, 11) is -0.535. The van der Waals surface area contributed by atoms with Crippen LogP contribution in [0.2, 0.25) is 0 Å². The van der Waals surface area contributed by atoms with Crippen molar-refractivity contribution in [3.63, 3.8) is 0 Å². The van der Waals surface area contributed by atoms with Crippen molar-refractivity contribution in [2.24, 2.45) is 5.41 Å². The highest BCUT2D eigenvalue weighted by Gasteiger charge is 2.48. The van der Waals surface area contributed by atoms with Crippen molar-refractivity contribution in [3.05, 3.63) is 95.6 Å². The van der Waals surface area contributed by atoms with Crippen LogP contribution in [-0.4, -0.2) is 58.2 Å². The molecule has 0 radical (unpaired) electrons. The molecule has 246 valence electrons. The molecule has 0 spiro atoms. The van der Waals surface area contributed by atoms with Gasteiger partial charge in [-0.2, -0.15) is 0 Å². The number of carbonyl (C=O) groups is 3. The van der Waals surface area contributed by atoms with Gasteiger partial charge in [0.2, 0.25) is 6.29 Å². The van der Waals surface area contributed by atoms with Crippen LogP contribution in [0.4, 0.5) is 13.6 Å². The average Bonchev–Trinajstić information content (AvgIpc) is 2.95. The number of benzene rings is 3. The van der Waals surface area contributed by atoms with Gasteiger partial charge in [-0.25, -0.2) is 22.7 Å². The number of hydrogen-bond acceptors (Lipinski definition) is 7. The fourth-order valence-electron chi connectivity index (χ4n) is 4.83. The number of halogens is 2. The van der Waals surface area contributed by atoms with Crippen molar-refractivity contribution in [3.8, 4) is 5.75 Å². The minimum absolute atomic E-state index is 0.0302. The zero-order valence-electron chi connectivity index (χ0n) is 26.3. The number of carboxylic acid groups (broad SMARTS) is 1. The van der Waals surface area contributed by atoms with Gasteiger partial charge in [0.25, 0.3) is 0 Å². The minimum Gasteiger partial charge on any atom is -0.480 e. The van der Waals surface area contributed by atoms with Crippen LogP contribution < -0.4 is 10.1 Å². The number of nitrogens with zero attached hydrogens (tertiary/aromatic N) is 1. The van der Waals surface area contributed by atoms with E-state index in [0.717, 1.165) is 10.5 Å². The monoisotopic (exact) mass is 656 g/mol. The van der Waals surface area contributed by atoms with Gasteiger partial charge in [-0.1, -0.05) is 41.0 Å². The number of alkyl carbamates (subject to hydrolysis) is 1. The molecule has 1 aliphatic heterocycles. The van der Waals surface area contributed by atoms with E-state index in [-0.39, 0.29) is 12.2 Å². The third-order valence-electron chi connectivity index (χ3n) is 7.17. The lowest BCUT2D eigenvalue weighted by atomic mass is 9.87. The zero-order chi connectivity index (χ0) is 33.6. The summed E-state index contributed by atoms with van der Waals surface area (Å²) in [6.45, 7) is 9.11. The van der Waals surface area contributed by atoms with Crippen molar-refractivity contribution in [2.45, 2.75) is 63.9 Å². The molecule has 0 aromatic heterocycles. The summed E-state index contributed by atoms with van der Waals surface area (Å²) in [6.07, 6.45) is -2.28. The van der Waals surface area contributed by atoms with Crippen molar-refractivity contribution in [2.75, 3.05) is 13.1 Å². The van der Waals surface area contributed by atoms with Gasteiger partial charge in [0.15, 0.2) is 5.60 Å². The van der Waals surface area contributed by atoms with Crippen LogP contribution in [0, 0.1) is 17.0 Å². The number of hydrogen-bond donors (Lipinski definition) is 2. The van der Waals surface area contributed by atoms with E-state index in [1.54, 1.807) is 51.1 Å². The summed E-state index contributed by atoms with van der Waals surface area (Å²) in [4.78, 5) is 37.5. The Balaban J connectivity index is 1.46. The van der Waals surface area contributed by atoms with E-state index in [0.29, 0.717) is 24.4 Å². The standard InChI is InChI=1S/C34H38F2N2O7S/c1-6-46(38-20-34(21-38,24-13-15-25(35)16-14-24)45-27-11-8-10-26(36)19-27)28-12-7-9-23(17-28)18-29(30(39)40)37-32(42)44-22(2)43-31(41)33(3,4)5/h6-17,19,22,29H,18,20-21H2,1-5H3,(H,37,42)(H,39,40)/t22-,29-,46?/m0/s1. The first-order valence-corrected chi connectivity index (χ1v) is 15.9. The number of carboxylic acids is 1. The first-order valence-electron chi connectivity index (χ1n) is 14.7. The molecule has 4 rings (SSSR count). The summed E-state index contributed by atoms with van der Waals surface area (Å²) in [5.74, 6) is -2.27. The highest BCUT2D eigenvalue weighted by Crippen LogP contribution is 2.45. The van der Waals surface area contributed by atoms with E-state index in [2.05, 4.69) is 9.62 Å². The molecule has 9 nitrogen and oxygen atoms in total. The SMILES string of the molecule is C/C=S(\c1cccc(C[C@H](NC(=O)O[C@@H](C)OC(=O)C(C)(C)C)C(=O)O)c1)N1CC(Oc2cccc(F)c2)(c2ccc(F)cc2)C1. The maximum Gasteiger partial charge on any atom is 0.410 e. The van der Waals surface area contributed by atoms with Gasteiger partial charge in [-0.15, -0.1) is 0 Å². The minimum atomic E-state index is -1.31. The molecule has 46 heavy (non-hydrogen) atoms. The molecule has 12 heteroatoms. The summed E-state index contributed by atoms with van der Waals surface area (Å²) >= 11 is 0. The lowest BCUT2D eigenvalue weighted by Crippen LogP contribution is -2.60. The molecule has 1 heterocycles. The van der Waals surface area contributed by atoms with Gasteiger partial charge >= 0.3 is 18.0 Å². The van der Waals surface area contributed by atoms with E-state index in [9.17, 15) is 28.3 Å². The Bertz CT molecular complexity index is 1600. The number of esters is 1. The molecule has 1 fully saturated rings. The maximum absolute atomic E-state index is 14.0. The number of nitrogens with one attached hydrogen (secondary N) is 1. The highest BCUT2D eigenvalue weighted by atomic mass is 32.2. The Morgan fingerprint density at radius 1 is 1.00 bits per heavy atom. The van der Waals surface area contributed by atoms with Crippen molar-refractivity contribution in [1.82, 2.24) is 9.62 Å². The Morgan fingerprint density at radius 2 is 1.67 bits per heavy atom. The van der Waals surface area contributed by atoms with Crippen LogP contribution >= 0.6 is 10.7 Å². The molecule has 3 aromatic rings. The molecule has 1 saturated heterocycles. The van der Waals surface area contributed by atoms with Crippen molar-refractivity contribution < 1.29 is 42.5 Å². The first kappa shape index (κ1) is 34.6. The normalized spacial score (nSPS) is 16.4. The van der Waals surface area contributed by atoms with Crippen LogP contribution in [0.5, 0.6) is 5.75 Å². The molecule has 0 aliphatic carbocycles. The number of aliphatic carboxylic acids is 1. The molecule has 1 amide bonds. The van der Waals surface area contributed by atoms with E-state index in [1.807, 2.05) is 30.5 Å². The Kier molecular flexibility index (Phi) is 10.8. The molecule has 3 atom stereocenters. The van der Waals surface area contributed by atoms with Crippen molar-refractivity contribution >= 4 is 34.1 Å². The van der Waals surface area contributed by atoms with Gasteiger partial charge in [0.1, 0.15) is 23.4 Å². The number of carbonyl (C=O) groups excluding carboxylic acids is 2. The second-order valence-corrected chi connectivity index (χ2v) is 14.0. The fourth-order valence-corrected chi connectivity index (χ4v) is 6.88. The predicted molar refractivity (Wildman–Crippen MR) is 170 cm³/mol. The second-order valence-electron chi connectivity index (χ2n) is 11.9. The summed E-state index contributed by atoms with van der Waals surface area (Å²) in [5, 5.41) is 14.2. The van der Waals surface area contributed by atoms with Gasteiger partial charge in [-0.3, -0.25) is 4.79 Å². The molecule has 0 saturated carbocycles. The van der Waals surface area contributed by atoms with Gasteiger partial charge < -0.3 is 24.6 Å². The Labute approximate surface area is 269 Å². The lowest BCUT2D eigenvalue weighted by molar-refractivity contribution is -0.174. The molecular formula is C34H38F2N2O7S. The van der Waals surface area contributed by atoms with E-state index in [4.69, 9.17) is 14.2 Å². The molecule has 1 unspecified atom stereocenters. The van der Waals surface area contributed by atoms with Crippen LogP contribution in [0.25, 0.3) is 0 Å². The first-order chi connectivity index (χ1) is 21.7. The Morgan fingerprint density at radius 3 is 2.28 bits per heavy atom. The van der Waals surface area contributed by atoms with Gasteiger partial charge in [-0.05, 0) is 80.6 Å². The van der Waals surface area contributed by atoms with Gasteiger partial charge in [0, 0.05) is 24.3 Å². The molecule has 3 aromatic carbocycles. The molecule has 1 aliphatic rings. The second kappa shape index (κ2) is 14.4. The number of amides is 1. The summed E-state index contributed by atoms with van der Waals surface area (Å²) in [5.41, 5.74) is -0.223. The molecule has 0 bridgehead atoms. The predicted octanol–water partition coefficient (Wildman–Crippen LogP) is 6.28. The van der Waals surface area contributed by atoms with Crippen LogP contribution in [-0.2, 0) is 31.1 Å². The molecule has 2 N–H and O–H groups in total. The largest absolute Gasteiger partial charge is 0.480 e. The Hall–Kier alpha value is -4.29. The van der Waals surface area contributed by atoms with Crippen molar-refractivity contribution in [1.29, 1.82) is 0 Å². The van der Waals surface area contributed by atoms with Crippen LogP contribution in [0.1, 0.15) is 45.7 Å². The molecular weight excluding hydrogens is 618 g/mol. The number of ether oxygens (including phenoxy) is 3. The fraction of sp³-hybridized carbons (Fsp3) is 0.353. The quantitative estimate of drug-likeness (QED) is 0.141. The highest BCUT2D eigenvalue weighted by molar-refractivity contribution is 8.13. The average molecular weight is 657 g/mol. The maximum atomic E-state index is 14.0. The third-order valence-corrected chi connectivity index (χ3v) is 9.17. The van der Waals surface area contributed by atoms with Gasteiger partial charge in [0.05, 0.1) is 18.5 Å².